The zero-order chi connectivity index (χ0) is 26.9. The molecule has 36 heavy (non-hydrogen) atoms. The number of hydrogen-bond donors (Lipinski definition) is 0. The number of esters is 1. The monoisotopic (exact) mass is 519 g/mol. The molecule has 0 unspecified atom stereocenters. The highest BCUT2D eigenvalue weighted by atomic mass is 28.4. The number of nitrogens with zero attached hydrogens (tertiary/aromatic N) is 3. The molecule has 3 rings (SSSR count). The summed E-state index contributed by atoms with van der Waals surface area (Å²) in [6.07, 6.45) is 3.36. The summed E-state index contributed by atoms with van der Waals surface area (Å²) in [5.74, 6) is 0.0902. The van der Waals surface area contributed by atoms with Gasteiger partial charge in [-0.05, 0) is 63.4 Å². The van der Waals surface area contributed by atoms with Gasteiger partial charge in [-0.2, -0.15) is 0 Å². The van der Waals surface area contributed by atoms with E-state index in [1.807, 2.05) is 33.0 Å². The molecule has 1 aromatic rings. The predicted molar refractivity (Wildman–Crippen MR) is 144 cm³/mol. The lowest BCUT2D eigenvalue weighted by Crippen LogP contribution is -2.47. The molecule has 1 aromatic heterocycles. The zero-order valence-corrected chi connectivity index (χ0v) is 24.6. The first-order valence-electron chi connectivity index (χ1n) is 13.1. The van der Waals surface area contributed by atoms with Gasteiger partial charge in [0, 0.05) is 38.3 Å². The number of hydrogen-bond acceptors (Lipinski definition) is 7. The third kappa shape index (κ3) is 6.79. The van der Waals surface area contributed by atoms with Crippen molar-refractivity contribution in [3.8, 4) is 0 Å². The van der Waals surface area contributed by atoms with Crippen LogP contribution in [-0.4, -0.2) is 75.3 Å². The van der Waals surface area contributed by atoms with E-state index in [2.05, 4.69) is 44.8 Å². The molecule has 1 amide bonds. The van der Waals surface area contributed by atoms with Crippen LogP contribution in [0.25, 0.3) is 0 Å². The van der Waals surface area contributed by atoms with Crippen molar-refractivity contribution in [2.45, 2.75) is 90.1 Å². The lowest BCUT2D eigenvalue weighted by molar-refractivity contribution is -0.148. The first-order valence-corrected chi connectivity index (χ1v) is 16.0. The minimum Gasteiger partial charge on any atom is -0.469 e. The highest BCUT2D eigenvalue weighted by Crippen LogP contribution is 2.39. The Morgan fingerprint density at radius 1 is 1.03 bits per heavy atom. The van der Waals surface area contributed by atoms with E-state index >= 15 is 0 Å². The highest BCUT2D eigenvalue weighted by Gasteiger charge is 2.41. The number of ether oxygens (including phenoxy) is 2. The molecule has 9 heteroatoms. The first-order chi connectivity index (χ1) is 16.6. The molecule has 0 N–H and O–H groups in total. The largest absolute Gasteiger partial charge is 0.469 e. The Balaban J connectivity index is 1.67. The summed E-state index contributed by atoms with van der Waals surface area (Å²) in [6, 6.07) is 4.10. The number of amides is 1. The van der Waals surface area contributed by atoms with Gasteiger partial charge in [0.15, 0.2) is 8.32 Å². The highest BCUT2D eigenvalue weighted by molar-refractivity contribution is 6.74. The van der Waals surface area contributed by atoms with Crippen LogP contribution in [0, 0.1) is 5.92 Å². The van der Waals surface area contributed by atoms with Crippen molar-refractivity contribution >= 4 is 26.2 Å². The Hall–Kier alpha value is -2.13. The summed E-state index contributed by atoms with van der Waals surface area (Å²) in [7, 11) is -0.417. The van der Waals surface area contributed by atoms with Crippen molar-refractivity contribution in [2.75, 3.05) is 38.2 Å². The van der Waals surface area contributed by atoms with Crippen molar-refractivity contribution in [1.82, 2.24) is 9.88 Å². The third-order valence-corrected chi connectivity index (χ3v) is 12.2. The van der Waals surface area contributed by atoms with Gasteiger partial charge in [-0.1, -0.05) is 26.8 Å². The summed E-state index contributed by atoms with van der Waals surface area (Å²) in [5.41, 5.74) is 0.407. The van der Waals surface area contributed by atoms with Gasteiger partial charge in [0.2, 0.25) is 0 Å². The lowest BCUT2D eigenvalue weighted by Gasteiger charge is -2.38. The van der Waals surface area contributed by atoms with Gasteiger partial charge in [0.25, 0.3) is 0 Å². The Labute approximate surface area is 217 Å². The smallest absolute Gasteiger partial charge is 0.410 e. The zero-order valence-electron chi connectivity index (χ0n) is 23.6. The second-order valence-corrected chi connectivity index (χ2v) is 17.4. The van der Waals surface area contributed by atoms with Crippen LogP contribution in [-0.2, 0) is 18.7 Å². The van der Waals surface area contributed by atoms with Gasteiger partial charge in [-0.15, -0.1) is 0 Å². The van der Waals surface area contributed by atoms with Crippen LogP contribution in [0.4, 0.5) is 10.6 Å². The fourth-order valence-corrected chi connectivity index (χ4v) is 6.04. The minimum absolute atomic E-state index is 0.0640. The summed E-state index contributed by atoms with van der Waals surface area (Å²) >= 11 is 0. The molecule has 3 heterocycles. The molecule has 2 aliphatic rings. The van der Waals surface area contributed by atoms with E-state index < -0.39 is 25.9 Å². The molecule has 2 aliphatic heterocycles. The van der Waals surface area contributed by atoms with Crippen molar-refractivity contribution in [2.24, 2.45) is 5.92 Å². The molecule has 2 fully saturated rings. The number of rotatable bonds is 5. The van der Waals surface area contributed by atoms with Gasteiger partial charge in [-0.25, -0.2) is 9.78 Å². The fraction of sp³-hybridized carbons (Fsp3) is 0.741. The molecule has 0 aliphatic carbocycles. The molecule has 0 radical (unpaired) electrons. The lowest BCUT2D eigenvalue weighted by atomic mass is 9.81. The van der Waals surface area contributed by atoms with Crippen LogP contribution in [0.3, 0.4) is 0 Å². The number of anilines is 1. The normalized spacial score (nSPS) is 23.5. The molecule has 2 saturated heterocycles. The first kappa shape index (κ1) is 28.4. The number of aromatic nitrogens is 1. The van der Waals surface area contributed by atoms with Gasteiger partial charge < -0.3 is 23.7 Å². The third-order valence-electron chi connectivity index (χ3n) is 7.70. The topological polar surface area (TPSA) is 81.2 Å². The number of likely N-dealkylation sites (tertiary alicyclic amines) is 1. The molecule has 8 nitrogen and oxygen atoms in total. The standard InChI is InChI=1S/C27H45N3O5Si/c1-26(2,3)34-25(32)30-15-13-21(22(18-30)24(31)33-7)19-10-11-23(28-16-19)29-14-12-20(17-29)35-36(8,9)27(4,5)6/h10-11,16,20-22H,12-15,17-18H2,1-9H3/t20-,21-,22-/m0/s1. The Morgan fingerprint density at radius 3 is 2.28 bits per heavy atom. The van der Waals surface area contributed by atoms with Crippen LogP contribution >= 0.6 is 0 Å². The van der Waals surface area contributed by atoms with Crippen molar-refractivity contribution in [3.05, 3.63) is 23.9 Å². The minimum atomic E-state index is -1.81. The molecule has 0 aromatic carbocycles. The second-order valence-electron chi connectivity index (χ2n) is 12.6. The SMILES string of the molecule is COC(=O)[C@H]1CN(C(=O)OC(C)(C)C)CC[C@H]1c1ccc(N2CC[C@H](O[Si](C)(C)C(C)(C)C)C2)nc1. The van der Waals surface area contributed by atoms with E-state index in [0.717, 1.165) is 30.9 Å². The Bertz CT molecular complexity index is 923. The Morgan fingerprint density at radius 2 is 1.72 bits per heavy atom. The van der Waals surface area contributed by atoms with Crippen LogP contribution in [0.1, 0.15) is 65.9 Å². The van der Waals surface area contributed by atoms with Gasteiger partial charge >= 0.3 is 12.1 Å². The summed E-state index contributed by atoms with van der Waals surface area (Å²) in [5, 5.41) is 0.190. The molecule has 3 atom stereocenters. The summed E-state index contributed by atoms with van der Waals surface area (Å²) in [4.78, 5) is 33.9. The maximum absolute atomic E-state index is 12.7. The van der Waals surface area contributed by atoms with E-state index in [-0.39, 0.29) is 29.6 Å². The van der Waals surface area contributed by atoms with E-state index in [9.17, 15) is 9.59 Å². The molecule has 0 saturated carbocycles. The average molecular weight is 520 g/mol. The van der Waals surface area contributed by atoms with Gasteiger partial charge in [-0.3, -0.25) is 4.79 Å². The van der Waals surface area contributed by atoms with Crippen LogP contribution in [0.5, 0.6) is 0 Å². The Kier molecular flexibility index (Phi) is 8.45. The van der Waals surface area contributed by atoms with Gasteiger partial charge in [0.05, 0.1) is 19.1 Å². The maximum Gasteiger partial charge on any atom is 0.410 e. The predicted octanol–water partition coefficient (Wildman–Crippen LogP) is 5.20. The molecular formula is C27H45N3O5Si. The van der Waals surface area contributed by atoms with Crippen LogP contribution in [0.2, 0.25) is 18.1 Å². The quantitative estimate of drug-likeness (QED) is 0.391. The molecule has 202 valence electrons. The number of carbonyl (C=O) groups excluding carboxylic acids is 2. The fourth-order valence-electron chi connectivity index (χ4n) is 4.66. The second kappa shape index (κ2) is 10.7. The molecule has 0 bridgehead atoms. The van der Waals surface area contributed by atoms with E-state index in [0.29, 0.717) is 13.0 Å². The number of pyridine rings is 1. The van der Waals surface area contributed by atoms with E-state index in [1.165, 1.54) is 7.11 Å². The van der Waals surface area contributed by atoms with Crippen LogP contribution < -0.4 is 4.90 Å². The van der Waals surface area contributed by atoms with Crippen molar-refractivity contribution in [3.63, 3.8) is 0 Å². The summed E-state index contributed by atoms with van der Waals surface area (Å²) < 4.78 is 17.2. The van der Waals surface area contributed by atoms with Crippen molar-refractivity contribution in [1.29, 1.82) is 0 Å². The molecule has 0 spiro atoms. The van der Waals surface area contributed by atoms with Crippen LogP contribution in [0.15, 0.2) is 18.3 Å². The van der Waals surface area contributed by atoms with Gasteiger partial charge in [0.1, 0.15) is 11.4 Å². The maximum atomic E-state index is 12.7. The van der Waals surface area contributed by atoms with E-state index in [4.69, 9.17) is 18.9 Å². The van der Waals surface area contributed by atoms with Crippen molar-refractivity contribution < 1.29 is 23.5 Å². The number of piperidine rings is 1. The average Bonchev–Trinajstić information content (AvgIpc) is 3.24. The summed E-state index contributed by atoms with van der Waals surface area (Å²) in [6.45, 7) is 19.5. The number of methoxy groups -OCH3 is 1. The number of carbonyl (C=O) groups is 2. The van der Waals surface area contributed by atoms with E-state index in [1.54, 1.807) is 4.90 Å². The molecular weight excluding hydrogens is 474 g/mol.